The van der Waals surface area contributed by atoms with Crippen LogP contribution in [0.15, 0.2) is 18.2 Å². The number of hydrogen-bond acceptors (Lipinski definition) is 2. The summed E-state index contributed by atoms with van der Waals surface area (Å²) < 4.78 is 5.21. The molecule has 2 heteroatoms. The first-order valence-corrected chi connectivity index (χ1v) is 7.51. The number of ether oxygens (including phenoxy) is 1. The smallest absolute Gasteiger partial charge is 0.163 e. The summed E-state index contributed by atoms with van der Waals surface area (Å²) in [6, 6.07) is 5.73. The van der Waals surface area contributed by atoms with Crippen LogP contribution in [0.25, 0.3) is 0 Å². The molecule has 0 bridgehead atoms. The Morgan fingerprint density at radius 2 is 1.80 bits per heavy atom. The number of carbonyl (C=O) groups excluding carboxylic acids is 1. The van der Waals surface area contributed by atoms with Gasteiger partial charge in [-0.1, -0.05) is 33.6 Å². The Morgan fingerprint density at radius 1 is 1.10 bits per heavy atom. The molecule has 0 amide bonds. The van der Waals surface area contributed by atoms with E-state index in [0.29, 0.717) is 11.8 Å². The molecule has 0 unspecified atom stereocenters. The Morgan fingerprint density at radius 3 is 2.40 bits per heavy atom. The van der Waals surface area contributed by atoms with Crippen molar-refractivity contribution in [2.75, 3.05) is 7.11 Å². The fraction of sp³-hybridized carbons (Fsp3) is 0.611. The number of benzene rings is 1. The molecule has 1 rings (SSSR count). The van der Waals surface area contributed by atoms with E-state index < -0.39 is 0 Å². The van der Waals surface area contributed by atoms with Crippen LogP contribution in [0.4, 0.5) is 0 Å². The molecular formula is C18H28O2. The zero-order valence-corrected chi connectivity index (χ0v) is 13.6. The standard InChI is InChI=1S/C18H28O2/c1-14-11-15(13-16(12-14)20-5)17(19)9-7-6-8-10-18(2,3)4/h11-13H,6-10H2,1-5H3. The van der Waals surface area contributed by atoms with Crippen molar-refractivity contribution in [3.8, 4) is 5.75 Å². The SMILES string of the molecule is COc1cc(C)cc(C(=O)CCCCCC(C)(C)C)c1. The minimum absolute atomic E-state index is 0.225. The van der Waals surface area contributed by atoms with Crippen molar-refractivity contribution in [1.82, 2.24) is 0 Å². The lowest BCUT2D eigenvalue weighted by molar-refractivity contribution is 0.0978. The van der Waals surface area contributed by atoms with E-state index in [1.165, 1.54) is 12.8 Å². The van der Waals surface area contributed by atoms with Crippen molar-refractivity contribution >= 4 is 5.78 Å². The molecule has 0 aliphatic carbocycles. The van der Waals surface area contributed by atoms with Crippen LogP contribution in [0.2, 0.25) is 0 Å². The van der Waals surface area contributed by atoms with Gasteiger partial charge in [0.2, 0.25) is 0 Å². The Labute approximate surface area is 123 Å². The van der Waals surface area contributed by atoms with Gasteiger partial charge in [-0.05, 0) is 48.9 Å². The molecule has 0 spiro atoms. The summed E-state index contributed by atoms with van der Waals surface area (Å²) in [4.78, 5) is 12.2. The first-order valence-electron chi connectivity index (χ1n) is 7.51. The van der Waals surface area contributed by atoms with E-state index in [4.69, 9.17) is 4.74 Å². The molecular weight excluding hydrogens is 248 g/mol. The molecule has 0 saturated heterocycles. The number of methoxy groups -OCH3 is 1. The van der Waals surface area contributed by atoms with Crippen molar-refractivity contribution in [3.63, 3.8) is 0 Å². The molecule has 0 atom stereocenters. The van der Waals surface area contributed by atoms with Gasteiger partial charge in [-0.2, -0.15) is 0 Å². The fourth-order valence-corrected chi connectivity index (χ4v) is 2.29. The molecule has 0 N–H and O–H groups in total. The van der Waals surface area contributed by atoms with Crippen molar-refractivity contribution in [2.45, 2.75) is 59.8 Å². The highest BCUT2D eigenvalue weighted by molar-refractivity contribution is 5.96. The summed E-state index contributed by atoms with van der Waals surface area (Å²) in [5, 5.41) is 0. The summed E-state index contributed by atoms with van der Waals surface area (Å²) in [6.07, 6.45) is 5.17. The second-order valence-corrected chi connectivity index (χ2v) is 6.78. The molecule has 20 heavy (non-hydrogen) atoms. The summed E-state index contributed by atoms with van der Waals surface area (Å²) in [5.41, 5.74) is 2.24. The number of unbranched alkanes of at least 4 members (excludes halogenated alkanes) is 2. The maximum absolute atomic E-state index is 12.2. The van der Waals surface area contributed by atoms with Gasteiger partial charge in [-0.3, -0.25) is 4.79 Å². The van der Waals surface area contributed by atoms with Gasteiger partial charge in [-0.25, -0.2) is 0 Å². The minimum atomic E-state index is 0.225. The summed E-state index contributed by atoms with van der Waals surface area (Å²) >= 11 is 0. The van der Waals surface area contributed by atoms with Crippen molar-refractivity contribution < 1.29 is 9.53 Å². The predicted octanol–water partition coefficient (Wildman–Crippen LogP) is 5.18. The van der Waals surface area contributed by atoms with Gasteiger partial charge >= 0.3 is 0 Å². The zero-order valence-electron chi connectivity index (χ0n) is 13.6. The molecule has 2 nitrogen and oxygen atoms in total. The Balaban J connectivity index is 2.41. The molecule has 1 aromatic rings. The van der Waals surface area contributed by atoms with Gasteiger partial charge in [0.1, 0.15) is 5.75 Å². The lowest BCUT2D eigenvalue weighted by Gasteiger charge is -2.17. The Bertz CT molecular complexity index is 441. The van der Waals surface area contributed by atoms with Crippen molar-refractivity contribution in [1.29, 1.82) is 0 Å². The maximum atomic E-state index is 12.2. The molecule has 0 heterocycles. The number of Topliss-reactive ketones (excluding diaryl/α,β-unsaturated/α-hetero) is 1. The van der Waals surface area contributed by atoms with Gasteiger partial charge in [0.25, 0.3) is 0 Å². The third-order valence-electron chi connectivity index (χ3n) is 3.44. The third-order valence-corrected chi connectivity index (χ3v) is 3.44. The number of carbonyl (C=O) groups is 1. The molecule has 0 aliphatic rings. The fourth-order valence-electron chi connectivity index (χ4n) is 2.29. The van der Waals surface area contributed by atoms with Gasteiger partial charge in [-0.15, -0.1) is 0 Å². The highest BCUT2D eigenvalue weighted by Crippen LogP contribution is 2.23. The highest BCUT2D eigenvalue weighted by atomic mass is 16.5. The van der Waals surface area contributed by atoms with E-state index >= 15 is 0 Å². The van der Waals surface area contributed by atoms with Gasteiger partial charge in [0.15, 0.2) is 5.78 Å². The van der Waals surface area contributed by atoms with Crippen LogP contribution < -0.4 is 4.74 Å². The molecule has 0 fully saturated rings. The van der Waals surface area contributed by atoms with Gasteiger partial charge in [0.05, 0.1) is 7.11 Å². The van der Waals surface area contributed by atoms with Gasteiger partial charge < -0.3 is 4.74 Å². The minimum Gasteiger partial charge on any atom is -0.497 e. The summed E-state index contributed by atoms with van der Waals surface area (Å²) in [6.45, 7) is 8.77. The Hall–Kier alpha value is -1.31. The van der Waals surface area contributed by atoms with Crippen LogP contribution >= 0.6 is 0 Å². The van der Waals surface area contributed by atoms with E-state index in [1.54, 1.807) is 7.11 Å². The van der Waals surface area contributed by atoms with Crippen LogP contribution in [-0.2, 0) is 0 Å². The van der Waals surface area contributed by atoms with E-state index in [9.17, 15) is 4.79 Å². The van der Waals surface area contributed by atoms with E-state index in [0.717, 1.165) is 29.7 Å². The molecule has 0 saturated carbocycles. The first kappa shape index (κ1) is 16.7. The topological polar surface area (TPSA) is 26.3 Å². The monoisotopic (exact) mass is 276 g/mol. The first-order chi connectivity index (χ1) is 9.31. The highest BCUT2D eigenvalue weighted by Gasteiger charge is 2.11. The second-order valence-electron chi connectivity index (χ2n) is 6.78. The lowest BCUT2D eigenvalue weighted by Crippen LogP contribution is -2.04. The normalized spacial score (nSPS) is 11.4. The van der Waals surface area contributed by atoms with Crippen molar-refractivity contribution in [3.05, 3.63) is 29.3 Å². The molecule has 1 aromatic carbocycles. The van der Waals surface area contributed by atoms with Crippen LogP contribution in [0.3, 0.4) is 0 Å². The average molecular weight is 276 g/mol. The van der Waals surface area contributed by atoms with E-state index in [-0.39, 0.29) is 5.78 Å². The average Bonchev–Trinajstić information content (AvgIpc) is 2.36. The quantitative estimate of drug-likeness (QED) is 0.506. The Kier molecular flexibility index (Phi) is 6.25. The summed E-state index contributed by atoms with van der Waals surface area (Å²) in [5.74, 6) is 0.990. The number of rotatable bonds is 7. The van der Waals surface area contributed by atoms with Crippen LogP contribution in [0.1, 0.15) is 68.8 Å². The van der Waals surface area contributed by atoms with E-state index in [1.807, 2.05) is 25.1 Å². The van der Waals surface area contributed by atoms with E-state index in [2.05, 4.69) is 20.8 Å². The molecule has 0 aliphatic heterocycles. The zero-order chi connectivity index (χ0) is 15.2. The maximum Gasteiger partial charge on any atom is 0.163 e. The lowest BCUT2D eigenvalue weighted by atomic mass is 9.89. The molecule has 112 valence electrons. The second kappa shape index (κ2) is 7.47. The third kappa shape index (κ3) is 6.23. The largest absolute Gasteiger partial charge is 0.497 e. The number of aryl methyl sites for hydroxylation is 1. The van der Waals surface area contributed by atoms with Crippen LogP contribution in [0, 0.1) is 12.3 Å². The molecule has 0 radical (unpaired) electrons. The van der Waals surface area contributed by atoms with Crippen molar-refractivity contribution in [2.24, 2.45) is 5.41 Å². The summed E-state index contributed by atoms with van der Waals surface area (Å²) in [7, 11) is 1.63. The van der Waals surface area contributed by atoms with Crippen LogP contribution in [0.5, 0.6) is 5.75 Å². The molecule has 0 aromatic heterocycles. The number of ketones is 1. The number of hydrogen-bond donors (Lipinski definition) is 0. The van der Waals surface area contributed by atoms with Crippen LogP contribution in [-0.4, -0.2) is 12.9 Å². The predicted molar refractivity (Wildman–Crippen MR) is 84.6 cm³/mol. The van der Waals surface area contributed by atoms with Gasteiger partial charge in [0, 0.05) is 12.0 Å².